The van der Waals surface area contributed by atoms with Crippen LogP contribution in [0.25, 0.3) is 33.1 Å². The number of anilines is 4. The summed E-state index contributed by atoms with van der Waals surface area (Å²) in [5, 5.41) is 2.30. The number of furan rings is 1. The van der Waals surface area contributed by atoms with Crippen molar-refractivity contribution in [3.05, 3.63) is 133 Å². The summed E-state index contributed by atoms with van der Waals surface area (Å²) in [7, 11) is 0. The Labute approximate surface area is 253 Å². The number of para-hydroxylation sites is 4. The first kappa shape index (κ1) is 25.9. The van der Waals surface area contributed by atoms with Gasteiger partial charge in [-0.15, -0.1) is 6.58 Å². The van der Waals surface area contributed by atoms with E-state index in [0.29, 0.717) is 0 Å². The first-order valence-corrected chi connectivity index (χ1v) is 15.5. The van der Waals surface area contributed by atoms with Gasteiger partial charge in [0.1, 0.15) is 17.3 Å². The van der Waals surface area contributed by atoms with Crippen LogP contribution in [0.15, 0.2) is 132 Å². The zero-order valence-corrected chi connectivity index (χ0v) is 25.0. The monoisotopic (exact) mass is 560 g/mol. The highest BCUT2D eigenvalue weighted by Crippen LogP contribution is 2.65. The van der Waals surface area contributed by atoms with E-state index in [4.69, 9.17) is 4.42 Å². The predicted molar refractivity (Wildman–Crippen MR) is 181 cm³/mol. The third-order valence-corrected chi connectivity index (χ3v) is 10.6. The van der Waals surface area contributed by atoms with Crippen molar-refractivity contribution in [3.63, 3.8) is 0 Å². The van der Waals surface area contributed by atoms with Gasteiger partial charge in [-0.1, -0.05) is 106 Å². The number of hydrogen-bond donors (Lipinski definition) is 0. The molecule has 0 fully saturated rings. The second-order valence-electron chi connectivity index (χ2n) is 12.2. The smallest absolute Gasteiger partial charge is 0.136 e. The molecule has 3 atom stereocenters. The number of benzene rings is 5. The Hall–Kier alpha value is -4.76. The molecular weight excluding hydrogens is 524 g/mol. The van der Waals surface area contributed by atoms with Gasteiger partial charge in [0, 0.05) is 32.9 Å². The molecule has 43 heavy (non-hydrogen) atoms. The maximum Gasteiger partial charge on any atom is 0.136 e. The molecule has 3 heterocycles. The minimum atomic E-state index is -0.209. The normalized spacial score (nSPS) is 22.4. The molecule has 2 aliphatic heterocycles. The van der Waals surface area contributed by atoms with Crippen LogP contribution >= 0.6 is 0 Å². The Morgan fingerprint density at radius 1 is 0.674 bits per heavy atom. The Morgan fingerprint density at radius 3 is 2.00 bits per heavy atom. The highest BCUT2D eigenvalue weighted by atomic mass is 16.3. The number of rotatable bonds is 5. The van der Waals surface area contributed by atoms with Gasteiger partial charge in [-0.25, -0.2) is 0 Å². The number of nitrogens with zero attached hydrogens (tertiary/aromatic N) is 2. The summed E-state index contributed by atoms with van der Waals surface area (Å²) in [6.45, 7) is 11.7. The largest absolute Gasteiger partial charge is 0.456 e. The summed E-state index contributed by atoms with van der Waals surface area (Å²) in [6.07, 6.45) is 4.24. The third kappa shape index (κ3) is 3.25. The molecule has 3 unspecified atom stereocenters. The van der Waals surface area contributed by atoms with Crippen LogP contribution < -0.4 is 9.80 Å². The molecule has 0 aliphatic carbocycles. The highest BCUT2D eigenvalue weighted by molar-refractivity contribution is 6.16. The highest BCUT2D eigenvalue weighted by Gasteiger charge is 2.61. The van der Waals surface area contributed by atoms with Crippen molar-refractivity contribution in [1.82, 2.24) is 0 Å². The summed E-state index contributed by atoms with van der Waals surface area (Å²) in [5.41, 5.74) is 10.1. The van der Waals surface area contributed by atoms with Crippen molar-refractivity contribution >= 4 is 44.7 Å². The quantitative estimate of drug-likeness (QED) is 0.196. The zero-order chi connectivity index (χ0) is 29.3. The molecule has 3 nitrogen and oxygen atoms in total. The molecule has 8 rings (SSSR count). The maximum absolute atomic E-state index is 6.44. The van der Waals surface area contributed by atoms with Gasteiger partial charge >= 0.3 is 0 Å². The van der Waals surface area contributed by atoms with E-state index in [-0.39, 0.29) is 17.0 Å². The van der Waals surface area contributed by atoms with Crippen LogP contribution in [-0.2, 0) is 5.41 Å². The fraction of sp³-hybridized carbons (Fsp3) is 0.200. The Balaban J connectivity index is 1.51. The van der Waals surface area contributed by atoms with E-state index in [2.05, 4.69) is 152 Å². The summed E-state index contributed by atoms with van der Waals surface area (Å²) < 4.78 is 6.44. The van der Waals surface area contributed by atoms with Gasteiger partial charge in [-0.2, -0.15) is 0 Å². The van der Waals surface area contributed by atoms with Crippen molar-refractivity contribution < 1.29 is 4.42 Å². The van der Waals surface area contributed by atoms with Gasteiger partial charge in [0.25, 0.3) is 0 Å². The second kappa shape index (κ2) is 9.37. The van der Waals surface area contributed by atoms with Gasteiger partial charge in [0.2, 0.25) is 0 Å². The SMILES string of the molecule is C=CC1(CC)c2ccccc2N2c3ccccc3N(c3ccc4oc5ccccc5c4c3-c3ccccc3)C2C1(C)CC. The molecule has 0 amide bonds. The van der Waals surface area contributed by atoms with E-state index in [1.54, 1.807) is 0 Å². The Bertz CT molecular complexity index is 2020. The molecule has 6 aromatic rings. The molecule has 5 aromatic carbocycles. The molecule has 1 aromatic heterocycles. The van der Waals surface area contributed by atoms with Gasteiger partial charge in [0.05, 0.1) is 17.1 Å². The first-order valence-electron chi connectivity index (χ1n) is 15.5. The summed E-state index contributed by atoms with van der Waals surface area (Å²) in [6, 6.07) is 41.6. The zero-order valence-electron chi connectivity index (χ0n) is 25.0. The van der Waals surface area contributed by atoms with Crippen LogP contribution in [0.2, 0.25) is 0 Å². The van der Waals surface area contributed by atoms with E-state index >= 15 is 0 Å². The van der Waals surface area contributed by atoms with E-state index < -0.39 is 0 Å². The lowest BCUT2D eigenvalue weighted by atomic mass is 9.54. The molecule has 0 saturated carbocycles. The Morgan fingerprint density at radius 2 is 1.30 bits per heavy atom. The standard InChI is InChI=1S/C40H36N2O/c1-5-39(4)38-41(30-21-13-12-20-29(30)40(39,6-2)7-3)31-22-14-15-23-32(31)42(38)33-25-26-35-37(28-19-11-16-24-34(28)43-35)36(33)27-17-9-8-10-18-27/h6,8-26,38H,2,5,7H2,1,3-4H3. The van der Waals surface area contributed by atoms with Crippen LogP contribution in [0.5, 0.6) is 0 Å². The molecule has 0 spiro atoms. The lowest BCUT2D eigenvalue weighted by Gasteiger charge is -2.59. The van der Waals surface area contributed by atoms with Crippen LogP contribution in [0.3, 0.4) is 0 Å². The van der Waals surface area contributed by atoms with E-state index in [9.17, 15) is 0 Å². The average Bonchev–Trinajstić information content (AvgIpc) is 3.62. The second-order valence-corrected chi connectivity index (χ2v) is 12.2. The van der Waals surface area contributed by atoms with Gasteiger partial charge < -0.3 is 14.2 Å². The van der Waals surface area contributed by atoms with Crippen molar-refractivity contribution in [3.8, 4) is 11.1 Å². The third-order valence-electron chi connectivity index (χ3n) is 10.6. The van der Waals surface area contributed by atoms with E-state index in [0.717, 1.165) is 34.8 Å². The molecule has 2 aliphatic rings. The fourth-order valence-electron chi connectivity index (χ4n) is 8.43. The predicted octanol–water partition coefficient (Wildman–Crippen LogP) is 11.1. The fourth-order valence-corrected chi connectivity index (χ4v) is 8.43. The average molecular weight is 561 g/mol. The minimum absolute atomic E-state index is 0.0285. The van der Waals surface area contributed by atoms with Crippen LogP contribution in [-0.4, -0.2) is 6.17 Å². The van der Waals surface area contributed by atoms with Crippen LogP contribution in [0.1, 0.15) is 39.2 Å². The number of fused-ring (bicyclic) bond motifs is 8. The minimum Gasteiger partial charge on any atom is -0.456 e. The van der Waals surface area contributed by atoms with Crippen molar-refractivity contribution in [2.75, 3.05) is 9.80 Å². The van der Waals surface area contributed by atoms with Crippen LogP contribution in [0.4, 0.5) is 22.7 Å². The summed E-state index contributed by atoms with van der Waals surface area (Å²) in [4.78, 5) is 5.24. The topological polar surface area (TPSA) is 19.6 Å². The summed E-state index contributed by atoms with van der Waals surface area (Å²) >= 11 is 0. The lowest BCUT2D eigenvalue weighted by molar-refractivity contribution is 0.120. The van der Waals surface area contributed by atoms with Gasteiger partial charge in [-0.3, -0.25) is 0 Å². The molecule has 212 valence electrons. The molecule has 0 bridgehead atoms. The lowest BCUT2D eigenvalue weighted by Crippen LogP contribution is -2.62. The maximum atomic E-state index is 6.44. The number of hydrogen-bond acceptors (Lipinski definition) is 3. The molecule has 3 heteroatoms. The first-order chi connectivity index (χ1) is 21.1. The van der Waals surface area contributed by atoms with Gasteiger partial charge in [-0.05, 0) is 60.4 Å². The molecule has 0 radical (unpaired) electrons. The molecular formula is C40H36N2O. The summed E-state index contributed by atoms with van der Waals surface area (Å²) in [5.74, 6) is 0. The van der Waals surface area contributed by atoms with Crippen molar-refractivity contribution in [2.24, 2.45) is 5.41 Å². The molecule has 0 saturated heterocycles. The van der Waals surface area contributed by atoms with Gasteiger partial charge in [0.15, 0.2) is 0 Å². The van der Waals surface area contributed by atoms with Crippen molar-refractivity contribution in [2.45, 2.75) is 45.2 Å². The van der Waals surface area contributed by atoms with E-state index in [1.807, 2.05) is 6.07 Å². The Kier molecular flexibility index (Phi) is 5.65. The van der Waals surface area contributed by atoms with Crippen LogP contribution in [0, 0.1) is 5.41 Å². The number of allylic oxidation sites excluding steroid dienone is 1. The molecule has 0 N–H and O–H groups in total. The van der Waals surface area contributed by atoms with E-state index in [1.165, 1.54) is 39.4 Å². The van der Waals surface area contributed by atoms with Crippen molar-refractivity contribution in [1.29, 1.82) is 0 Å².